The van der Waals surface area contributed by atoms with Gasteiger partial charge in [-0.2, -0.15) is 0 Å². The number of fused-ring (bicyclic) bond motifs is 2. The van der Waals surface area contributed by atoms with Gasteiger partial charge >= 0.3 is 0 Å². The smallest absolute Gasteiger partial charge is 0.262 e. The Morgan fingerprint density at radius 2 is 1.66 bits per heavy atom. The Hall–Kier alpha value is -7.11. The number of imide groups is 2. The number of rotatable bonds is 17. The lowest BCUT2D eigenvalue weighted by Crippen LogP contribution is -2.54. The van der Waals surface area contributed by atoms with E-state index in [2.05, 4.69) is 48.5 Å². The number of unbranched alkanes of at least 4 members (excludes halogenated alkanes) is 4. The van der Waals surface area contributed by atoms with Gasteiger partial charge in [0.05, 0.1) is 36.7 Å². The average Bonchev–Trinajstić information content (AvgIpc) is 4.04. The highest BCUT2D eigenvalue weighted by Gasteiger charge is 2.44. The summed E-state index contributed by atoms with van der Waals surface area (Å²) in [4.78, 5) is 85.1. The highest BCUT2D eigenvalue weighted by molar-refractivity contribution is 6.23. The van der Waals surface area contributed by atoms with E-state index in [4.69, 9.17) is 9.40 Å². The van der Waals surface area contributed by atoms with Gasteiger partial charge in [0.25, 0.3) is 11.8 Å². The lowest BCUT2D eigenvalue weighted by Gasteiger charge is -2.36. The maximum Gasteiger partial charge on any atom is 0.262 e. The fourth-order valence-corrected chi connectivity index (χ4v) is 7.93. The summed E-state index contributed by atoms with van der Waals surface area (Å²) in [6, 6.07) is 15.6. The Morgan fingerprint density at radius 3 is 2.44 bits per heavy atom. The van der Waals surface area contributed by atoms with Gasteiger partial charge in [-0.15, -0.1) is 10.2 Å². The van der Waals surface area contributed by atoms with Crippen LogP contribution in [0.5, 0.6) is 0 Å². The molecule has 3 aliphatic heterocycles. The maximum atomic E-state index is 13.1. The normalized spacial score (nSPS) is 16.5. The van der Waals surface area contributed by atoms with E-state index in [-0.39, 0.29) is 42.3 Å². The molecule has 18 nitrogen and oxygen atoms in total. The molecule has 2 saturated heterocycles. The summed E-state index contributed by atoms with van der Waals surface area (Å²) < 4.78 is 7.29. The summed E-state index contributed by atoms with van der Waals surface area (Å²) in [5.41, 5.74) is 4.22. The summed E-state index contributed by atoms with van der Waals surface area (Å²) in [7, 11) is 0. The summed E-state index contributed by atoms with van der Waals surface area (Å²) in [6.45, 7) is 3.88. The van der Waals surface area contributed by atoms with Crippen LogP contribution in [0, 0.1) is 0 Å². The van der Waals surface area contributed by atoms with Crippen LogP contribution >= 0.6 is 0 Å². The molecule has 316 valence electrons. The van der Waals surface area contributed by atoms with Crippen LogP contribution in [0.15, 0.2) is 77.8 Å². The van der Waals surface area contributed by atoms with E-state index >= 15 is 0 Å². The molecule has 6 amide bonds. The van der Waals surface area contributed by atoms with E-state index in [1.54, 1.807) is 24.9 Å². The van der Waals surface area contributed by atoms with Crippen molar-refractivity contribution in [3.05, 3.63) is 90.3 Å². The van der Waals surface area contributed by atoms with Crippen molar-refractivity contribution < 1.29 is 33.2 Å². The summed E-state index contributed by atoms with van der Waals surface area (Å²) >= 11 is 0. The molecule has 0 saturated carbocycles. The van der Waals surface area contributed by atoms with Crippen molar-refractivity contribution in [1.29, 1.82) is 0 Å². The van der Waals surface area contributed by atoms with Gasteiger partial charge in [-0.05, 0) is 61.7 Å². The number of aromatic nitrogens is 4. The second-order valence-corrected chi connectivity index (χ2v) is 15.3. The van der Waals surface area contributed by atoms with Crippen molar-refractivity contribution in [3.8, 4) is 11.3 Å². The van der Waals surface area contributed by atoms with Crippen LogP contribution in [0.1, 0.15) is 77.8 Å². The van der Waals surface area contributed by atoms with E-state index in [0.717, 1.165) is 78.6 Å². The molecule has 1 unspecified atom stereocenters. The summed E-state index contributed by atoms with van der Waals surface area (Å²) in [6.07, 6.45) is 10.2. The highest BCUT2D eigenvalue weighted by atomic mass is 16.3. The minimum absolute atomic E-state index is 0.0197. The fraction of sp³-hybridized carbons (Fsp3) is 0.372. The number of furan rings is 1. The number of amides is 6. The van der Waals surface area contributed by atoms with Gasteiger partial charge in [-0.1, -0.05) is 31.4 Å². The molecule has 6 heterocycles. The number of piperidine rings is 1. The Labute approximate surface area is 351 Å². The van der Waals surface area contributed by atoms with Gasteiger partial charge in [-0.25, -0.2) is 4.98 Å². The molecule has 0 aliphatic carbocycles. The number of hydrogen-bond donors (Lipinski definition) is 4. The Morgan fingerprint density at radius 1 is 0.869 bits per heavy atom. The van der Waals surface area contributed by atoms with E-state index in [0.29, 0.717) is 43.9 Å². The second-order valence-electron chi connectivity index (χ2n) is 15.3. The highest BCUT2D eigenvalue weighted by Crippen LogP contribution is 2.30. The van der Waals surface area contributed by atoms with Crippen LogP contribution in [0.3, 0.4) is 0 Å². The first-order valence-corrected chi connectivity index (χ1v) is 20.7. The molecular formula is C43H47N11O7. The third kappa shape index (κ3) is 9.22. The van der Waals surface area contributed by atoms with Gasteiger partial charge < -0.3 is 30.2 Å². The molecule has 1 atom stereocenters. The van der Waals surface area contributed by atoms with Crippen molar-refractivity contribution >= 4 is 58.3 Å². The number of nitrogens with zero attached hydrogens (tertiary/aromatic N) is 7. The molecule has 2 fully saturated rings. The minimum atomic E-state index is -1.04. The van der Waals surface area contributed by atoms with Crippen LogP contribution in [-0.4, -0.2) is 110 Å². The van der Waals surface area contributed by atoms with Gasteiger partial charge in [0.15, 0.2) is 5.65 Å². The maximum absolute atomic E-state index is 13.1. The number of piperazine rings is 1. The molecule has 8 rings (SSSR count). The third-order valence-corrected chi connectivity index (χ3v) is 11.3. The van der Waals surface area contributed by atoms with Crippen molar-refractivity contribution in [2.24, 2.45) is 0 Å². The van der Waals surface area contributed by atoms with Crippen LogP contribution < -0.4 is 26.2 Å². The first-order valence-electron chi connectivity index (χ1n) is 20.7. The molecule has 0 spiro atoms. The van der Waals surface area contributed by atoms with Gasteiger partial charge in [0.2, 0.25) is 23.6 Å². The average molecular weight is 830 g/mol. The molecule has 2 aromatic carbocycles. The molecule has 3 aliphatic rings. The standard InChI is InChI=1S/C43H47N11O7/c55-36-16-15-34(41(58)49-36)54-42(59)32-14-11-29(23-33(32)43(54)60)45-26-37(56)44-17-5-3-1-2-4-8-38(57)52-20-18-51(19-21-52)30-12-9-28(10-13-30)39-40-50-48-27-53(40)35(25-47-39)46-24-31-7-6-22-61-31/h6-7,9-14,22-23,25,27,34,45-46H,1-5,8,15-21,24,26H2,(H,44,56)(H,49,55,58). The second kappa shape index (κ2) is 18.4. The third-order valence-electron chi connectivity index (χ3n) is 11.3. The zero-order valence-corrected chi connectivity index (χ0v) is 33.6. The number of benzene rings is 2. The Kier molecular flexibility index (Phi) is 12.3. The lowest BCUT2D eigenvalue weighted by atomic mass is 10.0. The molecule has 4 N–H and O–H groups in total. The molecule has 3 aromatic heterocycles. The van der Waals surface area contributed by atoms with E-state index in [1.165, 1.54) is 12.1 Å². The van der Waals surface area contributed by atoms with Crippen LogP contribution in [0.4, 0.5) is 17.2 Å². The van der Waals surface area contributed by atoms with Crippen molar-refractivity contribution in [2.45, 2.75) is 64.0 Å². The van der Waals surface area contributed by atoms with Gasteiger partial charge in [0, 0.05) is 62.5 Å². The van der Waals surface area contributed by atoms with Crippen LogP contribution in [0.2, 0.25) is 0 Å². The monoisotopic (exact) mass is 829 g/mol. The molecule has 61 heavy (non-hydrogen) atoms. The predicted molar refractivity (Wildman–Crippen MR) is 223 cm³/mol. The van der Waals surface area contributed by atoms with E-state index in [1.807, 2.05) is 33.6 Å². The van der Waals surface area contributed by atoms with Gasteiger partial charge in [-0.3, -0.25) is 43.4 Å². The largest absolute Gasteiger partial charge is 0.467 e. The van der Waals surface area contributed by atoms with Crippen molar-refractivity contribution in [2.75, 3.05) is 54.8 Å². The first kappa shape index (κ1) is 40.7. The molecule has 0 radical (unpaired) electrons. The number of nitrogens with one attached hydrogen (secondary N) is 4. The Balaban J connectivity index is 0.688. The topological polar surface area (TPSA) is 216 Å². The number of carbonyl (C=O) groups is 6. The van der Waals surface area contributed by atoms with Gasteiger partial charge in [0.1, 0.15) is 29.6 Å². The van der Waals surface area contributed by atoms with Crippen LogP contribution in [0.25, 0.3) is 16.9 Å². The zero-order valence-electron chi connectivity index (χ0n) is 33.6. The zero-order chi connectivity index (χ0) is 42.3. The summed E-state index contributed by atoms with van der Waals surface area (Å²) in [5.74, 6) is -0.732. The number of hydrogen-bond acceptors (Lipinski definition) is 13. The predicted octanol–water partition coefficient (Wildman–Crippen LogP) is 3.62. The van der Waals surface area contributed by atoms with Crippen molar-refractivity contribution in [3.63, 3.8) is 0 Å². The molecule has 5 aromatic rings. The van der Waals surface area contributed by atoms with Crippen molar-refractivity contribution in [1.82, 2.24) is 40.0 Å². The Bertz CT molecular complexity index is 2420. The first-order chi connectivity index (χ1) is 29.7. The summed E-state index contributed by atoms with van der Waals surface area (Å²) in [5, 5.41) is 19.8. The fourth-order valence-electron chi connectivity index (χ4n) is 7.93. The van der Waals surface area contributed by atoms with E-state index in [9.17, 15) is 28.8 Å². The lowest BCUT2D eigenvalue weighted by molar-refractivity contribution is -0.136. The van der Waals surface area contributed by atoms with E-state index < -0.39 is 29.7 Å². The molecular weight excluding hydrogens is 783 g/mol. The molecule has 0 bridgehead atoms. The number of anilines is 3. The molecule has 18 heteroatoms. The van der Waals surface area contributed by atoms with Crippen LogP contribution in [-0.2, 0) is 25.7 Å². The minimum Gasteiger partial charge on any atom is -0.467 e. The number of carbonyl (C=O) groups excluding carboxylic acids is 6. The quantitative estimate of drug-likeness (QED) is 0.0780. The SMILES string of the molecule is O=C(CNc1ccc2c(c1)C(=O)N(C1CCC(=O)NC1=O)C2=O)NCCCCCCCC(=O)N1CCN(c2ccc(-c3ncc(NCc4ccco4)n4cnnc34)cc2)CC1.